The maximum Gasteiger partial charge on any atom is 0.347 e. The van der Waals surface area contributed by atoms with Crippen LogP contribution < -0.4 is 4.72 Å². The number of hydrogen-bond acceptors (Lipinski definition) is 5. The highest BCUT2D eigenvalue weighted by atomic mass is 35.5. The van der Waals surface area contributed by atoms with Gasteiger partial charge in [-0.3, -0.25) is 4.68 Å². The van der Waals surface area contributed by atoms with Gasteiger partial charge in [-0.15, -0.1) is 11.3 Å². The van der Waals surface area contributed by atoms with Crippen molar-refractivity contribution in [2.75, 3.05) is 0 Å². The fourth-order valence-electron chi connectivity index (χ4n) is 2.69. The third kappa shape index (κ3) is 3.49. The monoisotopic (exact) mass is 391 g/mol. The molecule has 0 saturated heterocycles. The van der Waals surface area contributed by atoms with Gasteiger partial charge in [0.25, 0.3) is 0 Å². The van der Waals surface area contributed by atoms with Gasteiger partial charge in [-0.1, -0.05) is 11.6 Å². The predicted octanol–water partition coefficient (Wildman–Crippen LogP) is 2.97. The van der Waals surface area contributed by atoms with Crippen LogP contribution in [0.2, 0.25) is 4.34 Å². The summed E-state index contributed by atoms with van der Waals surface area (Å²) in [6.07, 6.45) is 0. The Labute approximate surface area is 149 Å². The van der Waals surface area contributed by atoms with Crippen molar-refractivity contribution in [3.63, 3.8) is 0 Å². The summed E-state index contributed by atoms with van der Waals surface area (Å²) in [5, 5.41) is 13.5. The molecule has 0 amide bonds. The number of aromatic nitrogens is 2. The summed E-state index contributed by atoms with van der Waals surface area (Å²) in [6.45, 7) is 8.00. The number of aromatic carboxylic acids is 1. The Bertz CT molecular complexity index is 886. The van der Waals surface area contributed by atoms with Crippen LogP contribution in [0.4, 0.5) is 0 Å². The van der Waals surface area contributed by atoms with Gasteiger partial charge in [-0.05, 0) is 33.8 Å². The lowest BCUT2D eigenvalue weighted by atomic mass is 10.1. The predicted molar refractivity (Wildman–Crippen MR) is 92.4 cm³/mol. The number of aryl methyl sites for hydroxylation is 2. The van der Waals surface area contributed by atoms with Crippen molar-refractivity contribution in [3.05, 3.63) is 32.2 Å². The molecule has 0 saturated carbocycles. The molecule has 2 N–H and O–H groups in total. The van der Waals surface area contributed by atoms with Gasteiger partial charge in [0.2, 0.25) is 10.0 Å². The quantitative estimate of drug-likeness (QED) is 0.788. The van der Waals surface area contributed by atoms with Crippen LogP contribution >= 0.6 is 22.9 Å². The van der Waals surface area contributed by atoms with Crippen molar-refractivity contribution < 1.29 is 18.3 Å². The number of thiophene rings is 1. The van der Waals surface area contributed by atoms with Gasteiger partial charge in [0.15, 0.2) is 0 Å². The first kappa shape index (κ1) is 18.9. The molecular formula is C14H18ClN3O4S2. The van der Waals surface area contributed by atoms with Crippen LogP contribution in [0.3, 0.4) is 0 Å². The summed E-state index contributed by atoms with van der Waals surface area (Å²) in [5.74, 6) is -1.33. The van der Waals surface area contributed by atoms with E-state index in [1.807, 2.05) is 20.8 Å². The molecule has 10 heteroatoms. The molecule has 0 spiro atoms. The van der Waals surface area contributed by atoms with Crippen molar-refractivity contribution in [1.82, 2.24) is 14.5 Å². The van der Waals surface area contributed by atoms with Gasteiger partial charge >= 0.3 is 5.97 Å². The summed E-state index contributed by atoms with van der Waals surface area (Å²) in [4.78, 5) is 10.6. The van der Waals surface area contributed by atoms with Gasteiger partial charge in [-0.2, -0.15) is 5.10 Å². The first-order valence-corrected chi connectivity index (χ1v) is 9.85. The number of sulfonamides is 1. The van der Waals surface area contributed by atoms with E-state index in [-0.39, 0.29) is 14.1 Å². The first-order valence-electron chi connectivity index (χ1n) is 7.17. The average molecular weight is 392 g/mol. The Morgan fingerprint density at radius 2 is 2.12 bits per heavy atom. The second kappa shape index (κ2) is 6.83. The lowest BCUT2D eigenvalue weighted by Gasteiger charge is -2.15. The van der Waals surface area contributed by atoms with Crippen LogP contribution in [-0.2, 0) is 16.6 Å². The van der Waals surface area contributed by atoms with Gasteiger partial charge in [0, 0.05) is 23.8 Å². The number of nitrogens with one attached hydrogen (secondary N) is 1. The number of halogens is 1. The number of carboxylic acids is 1. The van der Waals surface area contributed by atoms with Gasteiger partial charge in [0.1, 0.15) is 9.77 Å². The fourth-order valence-corrected chi connectivity index (χ4v) is 5.56. The van der Waals surface area contributed by atoms with E-state index in [4.69, 9.17) is 16.7 Å². The second-order valence-corrected chi connectivity index (χ2v) is 8.66. The van der Waals surface area contributed by atoms with Crippen molar-refractivity contribution >= 4 is 38.9 Å². The molecule has 0 unspecified atom stereocenters. The van der Waals surface area contributed by atoms with Crippen molar-refractivity contribution in [1.29, 1.82) is 0 Å². The Kier molecular flexibility index (Phi) is 5.38. The SMILES string of the molecule is CCn1nc(C)c([C@H](C)NS(=O)(=O)c2cc(Cl)sc2C(=O)O)c1C. The Balaban J connectivity index is 2.40. The molecule has 132 valence electrons. The molecule has 0 aliphatic heterocycles. The molecule has 2 aromatic heterocycles. The highest BCUT2D eigenvalue weighted by Crippen LogP contribution is 2.31. The van der Waals surface area contributed by atoms with Crippen LogP contribution in [0, 0.1) is 13.8 Å². The van der Waals surface area contributed by atoms with Gasteiger partial charge in [-0.25, -0.2) is 17.9 Å². The van der Waals surface area contributed by atoms with Crippen molar-refractivity contribution in [2.24, 2.45) is 0 Å². The number of carboxylic acid groups (broad SMARTS) is 1. The molecule has 0 aliphatic rings. The van der Waals surface area contributed by atoms with Crippen LogP contribution in [-0.4, -0.2) is 29.3 Å². The smallest absolute Gasteiger partial charge is 0.347 e. The van der Waals surface area contributed by atoms with E-state index in [0.29, 0.717) is 17.9 Å². The van der Waals surface area contributed by atoms with E-state index >= 15 is 0 Å². The molecule has 24 heavy (non-hydrogen) atoms. The van der Waals surface area contributed by atoms with Crippen LogP contribution in [0.5, 0.6) is 0 Å². The summed E-state index contributed by atoms with van der Waals surface area (Å²) < 4.78 is 29.6. The molecule has 0 aromatic carbocycles. The zero-order valence-corrected chi connectivity index (χ0v) is 16.0. The van der Waals surface area contributed by atoms with E-state index in [1.54, 1.807) is 11.6 Å². The summed E-state index contributed by atoms with van der Waals surface area (Å²) in [5.41, 5.74) is 2.37. The molecule has 2 aromatic rings. The van der Waals surface area contributed by atoms with Gasteiger partial charge in [0.05, 0.1) is 10.0 Å². The highest BCUT2D eigenvalue weighted by molar-refractivity contribution is 7.89. The van der Waals surface area contributed by atoms with Crippen LogP contribution in [0.25, 0.3) is 0 Å². The van der Waals surface area contributed by atoms with Crippen molar-refractivity contribution in [3.8, 4) is 0 Å². The molecule has 1 atom stereocenters. The molecular weight excluding hydrogens is 374 g/mol. The molecule has 0 fully saturated rings. The summed E-state index contributed by atoms with van der Waals surface area (Å²) in [7, 11) is -4.04. The van der Waals surface area contributed by atoms with E-state index in [2.05, 4.69) is 9.82 Å². The third-order valence-electron chi connectivity index (χ3n) is 3.65. The van der Waals surface area contributed by atoms with Gasteiger partial charge < -0.3 is 5.11 Å². The minimum absolute atomic E-state index is 0.103. The zero-order valence-electron chi connectivity index (χ0n) is 13.6. The average Bonchev–Trinajstić information content (AvgIpc) is 2.99. The van der Waals surface area contributed by atoms with E-state index in [9.17, 15) is 13.2 Å². The maximum atomic E-state index is 12.6. The Morgan fingerprint density at radius 3 is 2.62 bits per heavy atom. The second-order valence-electron chi connectivity index (χ2n) is 5.29. The molecule has 2 rings (SSSR count). The number of carbonyl (C=O) groups is 1. The standard InChI is InChI=1S/C14H18ClN3O4S2/c1-5-18-9(4)12(7(2)16-18)8(3)17-24(21,22)10-6-11(15)23-13(10)14(19)20/h6,8,17H,5H2,1-4H3,(H,19,20)/t8-/m0/s1. The lowest BCUT2D eigenvalue weighted by molar-refractivity contribution is 0.0698. The highest BCUT2D eigenvalue weighted by Gasteiger charge is 2.29. The van der Waals surface area contributed by atoms with Crippen LogP contribution in [0.1, 0.15) is 46.5 Å². The third-order valence-corrected chi connectivity index (χ3v) is 6.60. The van der Waals surface area contributed by atoms with E-state index < -0.39 is 22.0 Å². The number of nitrogens with zero attached hydrogens (tertiary/aromatic N) is 2. The maximum absolute atomic E-state index is 12.6. The van der Waals surface area contributed by atoms with E-state index in [0.717, 1.165) is 23.0 Å². The summed E-state index contributed by atoms with van der Waals surface area (Å²) >= 11 is 6.51. The molecule has 7 nitrogen and oxygen atoms in total. The normalized spacial score (nSPS) is 13.2. The minimum Gasteiger partial charge on any atom is -0.477 e. The van der Waals surface area contributed by atoms with E-state index in [1.165, 1.54) is 0 Å². The summed E-state index contributed by atoms with van der Waals surface area (Å²) in [6, 6.07) is 0.593. The Hall–Kier alpha value is -1.42. The molecule has 0 radical (unpaired) electrons. The molecule has 0 bridgehead atoms. The minimum atomic E-state index is -4.04. The number of rotatable bonds is 6. The molecule has 2 heterocycles. The Morgan fingerprint density at radius 1 is 1.50 bits per heavy atom. The largest absolute Gasteiger partial charge is 0.477 e. The van der Waals surface area contributed by atoms with Crippen molar-refractivity contribution in [2.45, 2.75) is 45.2 Å². The fraction of sp³-hybridized carbons (Fsp3) is 0.429. The number of hydrogen-bond donors (Lipinski definition) is 2. The molecule has 0 aliphatic carbocycles. The zero-order chi connectivity index (χ0) is 18.2. The van der Waals surface area contributed by atoms with Crippen LogP contribution in [0.15, 0.2) is 11.0 Å². The topological polar surface area (TPSA) is 101 Å². The lowest BCUT2D eigenvalue weighted by Crippen LogP contribution is -2.28. The first-order chi connectivity index (χ1) is 11.1.